The molecule has 0 bridgehead atoms. The first-order valence-corrected chi connectivity index (χ1v) is 20.4. The highest BCUT2D eigenvalue weighted by molar-refractivity contribution is 6.19. The molecule has 4 aliphatic carbocycles. The molecule has 0 amide bonds. The molecule has 0 radical (unpaired) electrons. The van der Waals surface area contributed by atoms with Gasteiger partial charge >= 0.3 is 0 Å². The molecular weight excluding hydrogens is 705 g/mol. The van der Waals surface area contributed by atoms with Crippen molar-refractivity contribution in [2.45, 2.75) is 31.2 Å². The molecule has 5 aliphatic rings. The highest BCUT2D eigenvalue weighted by Crippen LogP contribution is 2.58. The molecule has 274 valence electrons. The van der Waals surface area contributed by atoms with Crippen LogP contribution >= 0.6 is 0 Å². The number of nitrogens with one attached hydrogen (secondary N) is 1. The fourth-order valence-electron chi connectivity index (χ4n) is 9.97. The molecule has 2 atom stereocenters. The third kappa shape index (κ3) is 5.11. The van der Waals surface area contributed by atoms with Crippen LogP contribution in [0, 0.1) is 0 Å². The summed E-state index contributed by atoms with van der Waals surface area (Å²) >= 11 is 0. The number of fused-ring (bicyclic) bond motifs is 7. The molecule has 1 aliphatic heterocycles. The average Bonchev–Trinajstić information content (AvgIpc) is 3.63. The summed E-state index contributed by atoms with van der Waals surface area (Å²) in [5, 5.41) is 6.45. The molecule has 4 nitrogen and oxygen atoms in total. The Bertz CT molecular complexity index is 3030. The molecule has 0 saturated carbocycles. The van der Waals surface area contributed by atoms with Gasteiger partial charge in [-0.05, 0) is 133 Å². The van der Waals surface area contributed by atoms with E-state index in [-0.39, 0.29) is 12.0 Å². The van der Waals surface area contributed by atoms with Gasteiger partial charge < -0.3 is 5.32 Å². The lowest BCUT2D eigenvalue weighted by molar-refractivity contribution is 0.702. The van der Waals surface area contributed by atoms with Gasteiger partial charge in [0.15, 0.2) is 0 Å². The van der Waals surface area contributed by atoms with Crippen LogP contribution in [0.3, 0.4) is 0 Å². The SMILES string of the molecule is C1=CCCC(c2c3c(c(-c4ccccc4)c4ccccc24)-c2cccc4c2C3=CCC4c2ccc(C3=CC=C4C=Cc5ccc(-c6ccccn6)nc5C4N3)nc2)=C1. The van der Waals surface area contributed by atoms with Crippen molar-refractivity contribution in [1.82, 2.24) is 20.3 Å². The van der Waals surface area contributed by atoms with E-state index >= 15 is 0 Å². The standard InChI is InChI=1S/C54H38N4/c1-3-12-33(13-4-1)48-40-16-7-8-17-41(40)49(34-14-5-2-6-15-34)52-43-27-26-38(39-18-11-19-42(50(39)43)51(48)52)37-25-28-45(56-32-37)47-30-24-36-22-21-35-23-29-46(44-20-9-10-31-55-44)57-53(35)54(36)58-47/h1-5,7-14,16-25,27-32,38,54,58H,6,15,26H2. The predicted molar refractivity (Wildman–Crippen MR) is 237 cm³/mol. The van der Waals surface area contributed by atoms with Gasteiger partial charge in [-0.25, -0.2) is 4.98 Å². The second-order valence-electron chi connectivity index (χ2n) is 15.8. The van der Waals surface area contributed by atoms with Gasteiger partial charge in [0.1, 0.15) is 0 Å². The smallest absolute Gasteiger partial charge is 0.0947 e. The highest BCUT2D eigenvalue weighted by atomic mass is 15.0. The monoisotopic (exact) mass is 742 g/mol. The van der Waals surface area contributed by atoms with Gasteiger partial charge in [-0.2, -0.15) is 0 Å². The zero-order valence-electron chi connectivity index (χ0n) is 31.9. The van der Waals surface area contributed by atoms with E-state index in [2.05, 4.69) is 162 Å². The lowest BCUT2D eigenvalue weighted by Gasteiger charge is -2.29. The first kappa shape index (κ1) is 33.0. The zero-order chi connectivity index (χ0) is 38.2. The fraction of sp³-hybridized carbons (Fsp3) is 0.0926. The van der Waals surface area contributed by atoms with Gasteiger partial charge in [0, 0.05) is 18.3 Å². The van der Waals surface area contributed by atoms with E-state index in [1.807, 2.05) is 24.4 Å². The molecular formula is C54H38N4. The topological polar surface area (TPSA) is 50.7 Å². The second-order valence-corrected chi connectivity index (χ2v) is 15.8. The van der Waals surface area contributed by atoms with Crippen LogP contribution in [0.5, 0.6) is 0 Å². The number of pyridine rings is 3. The van der Waals surface area contributed by atoms with E-state index in [9.17, 15) is 0 Å². The van der Waals surface area contributed by atoms with Crippen molar-refractivity contribution in [3.8, 4) is 33.6 Å². The number of nitrogens with zero attached hydrogens (tertiary/aromatic N) is 3. The van der Waals surface area contributed by atoms with Crippen molar-refractivity contribution in [2.75, 3.05) is 0 Å². The summed E-state index contributed by atoms with van der Waals surface area (Å²) in [5.41, 5.74) is 21.9. The van der Waals surface area contributed by atoms with Crippen LogP contribution in [0.25, 0.3) is 67.3 Å². The number of hydrogen-bond acceptors (Lipinski definition) is 4. The van der Waals surface area contributed by atoms with Crippen molar-refractivity contribution in [2.24, 2.45) is 0 Å². The number of hydrogen-bond donors (Lipinski definition) is 1. The maximum atomic E-state index is 5.13. The minimum absolute atomic E-state index is 0.0664. The third-order valence-corrected chi connectivity index (χ3v) is 12.6. The van der Waals surface area contributed by atoms with Gasteiger partial charge in [-0.3, -0.25) is 9.97 Å². The lowest BCUT2D eigenvalue weighted by atomic mass is 9.78. The van der Waals surface area contributed by atoms with Crippen LogP contribution < -0.4 is 5.32 Å². The van der Waals surface area contributed by atoms with Crippen molar-refractivity contribution in [1.29, 1.82) is 0 Å². The number of dihydropyridines is 1. The number of allylic oxidation sites excluding steroid dienone is 7. The van der Waals surface area contributed by atoms with Gasteiger partial charge in [0.25, 0.3) is 0 Å². The first-order valence-electron chi connectivity index (χ1n) is 20.4. The Kier molecular flexibility index (Phi) is 7.52. The predicted octanol–water partition coefficient (Wildman–Crippen LogP) is 12.7. The van der Waals surface area contributed by atoms with Crippen LogP contribution in [0.1, 0.15) is 76.0 Å². The maximum Gasteiger partial charge on any atom is 0.0947 e. The van der Waals surface area contributed by atoms with E-state index in [0.29, 0.717) is 0 Å². The quantitative estimate of drug-likeness (QED) is 0.191. The summed E-state index contributed by atoms with van der Waals surface area (Å²) in [6.07, 6.45) is 25.0. The highest BCUT2D eigenvalue weighted by Gasteiger charge is 2.37. The van der Waals surface area contributed by atoms with Gasteiger partial charge in [-0.1, -0.05) is 134 Å². The molecule has 58 heavy (non-hydrogen) atoms. The first-order chi connectivity index (χ1) is 28.8. The lowest BCUT2D eigenvalue weighted by Crippen LogP contribution is -2.27. The Morgan fingerprint density at radius 1 is 0.621 bits per heavy atom. The van der Waals surface area contributed by atoms with Crippen molar-refractivity contribution >= 4 is 33.7 Å². The average molecular weight is 743 g/mol. The van der Waals surface area contributed by atoms with Crippen LogP contribution in [0.4, 0.5) is 0 Å². The van der Waals surface area contributed by atoms with Crippen LogP contribution in [0.2, 0.25) is 0 Å². The van der Waals surface area contributed by atoms with Crippen LogP contribution in [-0.2, 0) is 0 Å². The van der Waals surface area contributed by atoms with E-state index < -0.39 is 0 Å². The molecule has 4 heteroatoms. The molecule has 4 aromatic carbocycles. The molecule has 2 unspecified atom stereocenters. The van der Waals surface area contributed by atoms with E-state index in [4.69, 9.17) is 9.97 Å². The molecule has 4 heterocycles. The summed E-state index contributed by atoms with van der Waals surface area (Å²) in [6, 6.07) is 41.6. The number of aromatic nitrogens is 3. The molecule has 3 aromatic heterocycles. The van der Waals surface area contributed by atoms with E-state index in [0.717, 1.165) is 53.3 Å². The van der Waals surface area contributed by atoms with E-state index in [1.165, 1.54) is 77.6 Å². The molecule has 0 spiro atoms. The van der Waals surface area contributed by atoms with Gasteiger partial charge in [-0.15, -0.1) is 0 Å². The molecule has 0 saturated heterocycles. The summed E-state index contributed by atoms with van der Waals surface area (Å²) in [7, 11) is 0. The molecule has 7 aromatic rings. The fourth-order valence-corrected chi connectivity index (χ4v) is 9.97. The van der Waals surface area contributed by atoms with Crippen molar-refractivity contribution < 1.29 is 0 Å². The minimum Gasteiger partial charge on any atom is -0.371 e. The molecule has 0 fully saturated rings. The van der Waals surface area contributed by atoms with Crippen LogP contribution in [-0.4, -0.2) is 15.0 Å². The normalized spacial score (nSPS) is 18.2. The Morgan fingerprint density at radius 3 is 2.31 bits per heavy atom. The van der Waals surface area contributed by atoms with E-state index in [1.54, 1.807) is 0 Å². The summed E-state index contributed by atoms with van der Waals surface area (Å²) in [4.78, 5) is 14.8. The second kappa shape index (κ2) is 13.2. The zero-order valence-corrected chi connectivity index (χ0v) is 31.9. The number of benzene rings is 4. The van der Waals surface area contributed by atoms with Crippen molar-refractivity contribution in [3.05, 3.63) is 221 Å². The maximum absolute atomic E-state index is 5.13. The Morgan fingerprint density at radius 2 is 1.48 bits per heavy atom. The molecule has 12 rings (SSSR count). The molecule has 1 N–H and O–H groups in total. The summed E-state index contributed by atoms with van der Waals surface area (Å²) in [5.74, 6) is 0.203. The van der Waals surface area contributed by atoms with Gasteiger partial charge in [0.2, 0.25) is 0 Å². The van der Waals surface area contributed by atoms with Crippen molar-refractivity contribution in [3.63, 3.8) is 0 Å². The van der Waals surface area contributed by atoms with Crippen LogP contribution in [0.15, 0.2) is 176 Å². The third-order valence-electron chi connectivity index (χ3n) is 12.6. The summed E-state index contributed by atoms with van der Waals surface area (Å²) in [6.45, 7) is 0. The largest absolute Gasteiger partial charge is 0.371 e. The summed E-state index contributed by atoms with van der Waals surface area (Å²) < 4.78 is 0. The Balaban J connectivity index is 0.927. The minimum atomic E-state index is -0.0664. The Labute approximate surface area is 338 Å². The Hall–Kier alpha value is -7.17. The number of rotatable bonds is 5. The van der Waals surface area contributed by atoms with Gasteiger partial charge in [0.05, 0.1) is 34.5 Å².